The molecule has 2 aromatic carbocycles. The number of rotatable bonds is 5. The zero-order valence-corrected chi connectivity index (χ0v) is 19.7. The third kappa shape index (κ3) is 3.55. The van der Waals surface area contributed by atoms with Crippen molar-refractivity contribution in [3.05, 3.63) is 80.8 Å². The summed E-state index contributed by atoms with van der Waals surface area (Å²) in [4.78, 5) is 28.4. The zero-order chi connectivity index (χ0) is 24.0. The van der Waals surface area contributed by atoms with Crippen molar-refractivity contribution in [2.75, 3.05) is 38.5 Å². The van der Waals surface area contributed by atoms with Crippen molar-refractivity contribution in [1.82, 2.24) is 10.2 Å². The van der Waals surface area contributed by atoms with Crippen LogP contribution in [0.1, 0.15) is 41.4 Å². The van der Waals surface area contributed by atoms with Crippen molar-refractivity contribution < 1.29 is 14.3 Å². The number of fused-ring (bicyclic) bond motifs is 1. The molecule has 8 heteroatoms. The first kappa shape index (κ1) is 21.9. The number of ketones is 1. The molecule has 1 aliphatic carbocycles. The number of H-pyrrole nitrogens is 2. The fourth-order valence-corrected chi connectivity index (χ4v) is 5.06. The van der Waals surface area contributed by atoms with E-state index in [9.17, 15) is 9.59 Å². The maximum absolute atomic E-state index is 13.6. The first-order valence-corrected chi connectivity index (χ1v) is 11.2. The fourth-order valence-electron chi connectivity index (χ4n) is 5.06. The molecule has 0 spiro atoms. The Morgan fingerprint density at radius 1 is 0.882 bits per heavy atom. The molecule has 5 rings (SSSR count). The standard InChI is InChI=1S/C26H28N4O4/c1-30(2)17-8-5-14(6-9-17)22-23-18(27-25-24(22)26(32)29-28-25)11-16(12-19(23)31)15-7-10-20(33-3)21(13-15)34-4/h5-10,13,16,22H,11-12H2,1-4H3,(H3,27,28,29,32). The number of Topliss-reactive ketones (excluding diaryl/α,β-unsaturated/α-hetero) is 1. The summed E-state index contributed by atoms with van der Waals surface area (Å²) in [6, 6.07) is 13.8. The van der Waals surface area contributed by atoms with Crippen molar-refractivity contribution in [2.45, 2.75) is 24.7 Å². The maximum atomic E-state index is 13.6. The van der Waals surface area contributed by atoms with Gasteiger partial charge in [-0.25, -0.2) is 0 Å². The Morgan fingerprint density at radius 3 is 2.26 bits per heavy atom. The van der Waals surface area contributed by atoms with Gasteiger partial charge in [0.25, 0.3) is 5.56 Å². The quantitative estimate of drug-likeness (QED) is 0.536. The molecule has 2 aliphatic rings. The number of carbonyl (C=O) groups is 1. The third-order valence-corrected chi connectivity index (χ3v) is 6.80. The Bertz CT molecular complexity index is 1330. The molecule has 0 fully saturated rings. The van der Waals surface area contributed by atoms with E-state index < -0.39 is 5.92 Å². The van der Waals surface area contributed by atoms with Gasteiger partial charge in [-0.2, -0.15) is 0 Å². The predicted octanol–water partition coefficient (Wildman–Crippen LogP) is 3.74. The lowest BCUT2D eigenvalue weighted by molar-refractivity contribution is -0.116. The minimum atomic E-state index is -0.420. The van der Waals surface area contributed by atoms with Crippen LogP contribution in [0.5, 0.6) is 11.5 Å². The molecule has 1 aliphatic heterocycles. The molecule has 2 heterocycles. The molecule has 0 bridgehead atoms. The van der Waals surface area contributed by atoms with E-state index in [0.717, 1.165) is 22.5 Å². The Morgan fingerprint density at radius 2 is 1.59 bits per heavy atom. The van der Waals surface area contributed by atoms with Crippen molar-refractivity contribution in [3.8, 4) is 11.5 Å². The van der Waals surface area contributed by atoms with Crippen LogP contribution in [0.2, 0.25) is 0 Å². The summed E-state index contributed by atoms with van der Waals surface area (Å²) >= 11 is 0. The summed E-state index contributed by atoms with van der Waals surface area (Å²) in [5.41, 5.74) is 4.84. The first-order chi connectivity index (χ1) is 16.4. The minimum absolute atomic E-state index is 0.0115. The number of nitrogens with zero attached hydrogens (tertiary/aromatic N) is 1. The van der Waals surface area contributed by atoms with Crippen LogP contribution in [-0.2, 0) is 4.79 Å². The molecule has 0 saturated heterocycles. The minimum Gasteiger partial charge on any atom is -0.493 e. The van der Waals surface area contributed by atoms with Crippen LogP contribution < -0.4 is 25.2 Å². The Labute approximate surface area is 197 Å². The molecule has 1 aromatic heterocycles. The van der Waals surface area contributed by atoms with Gasteiger partial charge in [0, 0.05) is 43.4 Å². The van der Waals surface area contributed by atoms with Crippen LogP contribution in [-0.4, -0.2) is 44.3 Å². The first-order valence-electron chi connectivity index (χ1n) is 11.2. The van der Waals surface area contributed by atoms with Crippen LogP contribution in [0, 0.1) is 0 Å². The summed E-state index contributed by atoms with van der Waals surface area (Å²) in [6.07, 6.45) is 1.01. The van der Waals surface area contributed by atoms with E-state index in [1.165, 1.54) is 0 Å². The van der Waals surface area contributed by atoms with Gasteiger partial charge in [0.2, 0.25) is 0 Å². The highest BCUT2D eigenvalue weighted by Crippen LogP contribution is 2.47. The second-order valence-corrected chi connectivity index (χ2v) is 8.95. The van der Waals surface area contributed by atoms with Crippen molar-refractivity contribution >= 4 is 17.3 Å². The average Bonchev–Trinajstić information content (AvgIpc) is 3.22. The zero-order valence-electron chi connectivity index (χ0n) is 19.7. The molecule has 3 aromatic rings. The SMILES string of the molecule is COc1ccc(C2CC(=O)C3=C(C2)Nc2[nH][nH]c(=O)c2C3c2ccc(N(C)C)cc2)cc1OC. The molecule has 3 N–H and O–H groups in total. The Hall–Kier alpha value is -3.94. The van der Waals surface area contributed by atoms with Gasteiger partial charge in [-0.3, -0.25) is 19.8 Å². The van der Waals surface area contributed by atoms with Crippen LogP contribution >= 0.6 is 0 Å². The molecule has 0 amide bonds. The summed E-state index contributed by atoms with van der Waals surface area (Å²) < 4.78 is 10.8. The summed E-state index contributed by atoms with van der Waals surface area (Å²) in [5, 5.41) is 8.97. The molecule has 2 atom stereocenters. The average molecular weight is 461 g/mol. The van der Waals surface area contributed by atoms with Gasteiger partial charge in [-0.15, -0.1) is 0 Å². The monoisotopic (exact) mass is 460 g/mol. The lowest BCUT2D eigenvalue weighted by Crippen LogP contribution is -2.31. The number of hydrogen-bond donors (Lipinski definition) is 3. The fraction of sp³-hybridized carbons (Fsp3) is 0.308. The normalized spacial score (nSPS) is 19.2. The highest BCUT2D eigenvalue weighted by Gasteiger charge is 2.40. The highest BCUT2D eigenvalue weighted by atomic mass is 16.5. The van der Waals surface area contributed by atoms with Crippen molar-refractivity contribution in [1.29, 1.82) is 0 Å². The van der Waals surface area contributed by atoms with E-state index in [2.05, 4.69) is 15.5 Å². The van der Waals surface area contributed by atoms with Crippen LogP contribution in [0.3, 0.4) is 0 Å². The second-order valence-electron chi connectivity index (χ2n) is 8.95. The number of aromatic nitrogens is 2. The highest BCUT2D eigenvalue weighted by molar-refractivity contribution is 6.01. The number of ether oxygens (including phenoxy) is 2. The number of nitrogens with one attached hydrogen (secondary N) is 3. The molecular weight excluding hydrogens is 432 g/mol. The predicted molar refractivity (Wildman–Crippen MR) is 131 cm³/mol. The number of methoxy groups -OCH3 is 2. The van der Waals surface area contributed by atoms with E-state index in [1.54, 1.807) is 14.2 Å². The van der Waals surface area contributed by atoms with Crippen molar-refractivity contribution in [3.63, 3.8) is 0 Å². The van der Waals surface area contributed by atoms with Crippen LogP contribution in [0.15, 0.2) is 58.5 Å². The van der Waals surface area contributed by atoms with Crippen LogP contribution in [0.4, 0.5) is 11.5 Å². The third-order valence-electron chi connectivity index (χ3n) is 6.80. The lowest BCUT2D eigenvalue weighted by Gasteiger charge is -2.34. The molecule has 8 nitrogen and oxygen atoms in total. The number of allylic oxidation sites excluding steroid dienone is 2. The summed E-state index contributed by atoms with van der Waals surface area (Å²) in [6.45, 7) is 0. The largest absolute Gasteiger partial charge is 0.493 e. The number of carbonyl (C=O) groups excluding carboxylic acids is 1. The van der Waals surface area contributed by atoms with E-state index in [-0.39, 0.29) is 17.3 Å². The van der Waals surface area contributed by atoms with Gasteiger partial charge in [0.1, 0.15) is 5.82 Å². The Kier molecular flexibility index (Phi) is 5.43. The number of hydrogen-bond acceptors (Lipinski definition) is 6. The summed E-state index contributed by atoms with van der Waals surface area (Å²) in [7, 11) is 7.17. The smallest absolute Gasteiger partial charge is 0.270 e. The van der Waals surface area contributed by atoms with Gasteiger partial charge in [0.05, 0.1) is 19.8 Å². The van der Waals surface area contributed by atoms with Gasteiger partial charge in [-0.1, -0.05) is 18.2 Å². The number of anilines is 2. The molecular formula is C26H28N4O4. The van der Waals surface area contributed by atoms with Crippen LogP contribution in [0.25, 0.3) is 0 Å². The van der Waals surface area contributed by atoms with E-state index in [1.807, 2.05) is 61.5 Å². The maximum Gasteiger partial charge on any atom is 0.270 e. The van der Waals surface area contributed by atoms with E-state index in [4.69, 9.17) is 9.47 Å². The topological polar surface area (TPSA) is 99.4 Å². The van der Waals surface area contributed by atoms with E-state index >= 15 is 0 Å². The second kappa shape index (κ2) is 8.44. The van der Waals surface area contributed by atoms with Gasteiger partial charge in [-0.05, 0) is 47.7 Å². The Balaban J connectivity index is 1.57. The van der Waals surface area contributed by atoms with E-state index in [0.29, 0.717) is 41.3 Å². The number of benzene rings is 2. The van der Waals surface area contributed by atoms with Crippen molar-refractivity contribution in [2.24, 2.45) is 0 Å². The molecule has 34 heavy (non-hydrogen) atoms. The lowest BCUT2D eigenvalue weighted by atomic mass is 9.73. The number of aromatic amines is 2. The van der Waals surface area contributed by atoms with Gasteiger partial charge >= 0.3 is 0 Å². The van der Waals surface area contributed by atoms with Gasteiger partial charge < -0.3 is 19.7 Å². The molecule has 0 radical (unpaired) electrons. The molecule has 2 unspecified atom stereocenters. The molecule has 0 saturated carbocycles. The molecule has 176 valence electrons. The van der Waals surface area contributed by atoms with Gasteiger partial charge in [0.15, 0.2) is 17.3 Å². The summed E-state index contributed by atoms with van der Waals surface area (Å²) in [5.74, 6) is 1.52.